The average Bonchev–Trinajstić information content (AvgIpc) is 3.21. The fraction of sp³-hybridized carbons (Fsp3) is 0.783. The highest BCUT2D eigenvalue weighted by atomic mass is 31.2. The minimum Gasteiger partial charge on any atom is -0.411 e. The number of nitrogens with one attached hydrogen (secondary N) is 1. The minimum absolute atomic E-state index is 0.0403. The maximum atomic E-state index is 14.0. The molecular weight excluding hydrogens is 524 g/mol. The number of ether oxygens (including phenoxy) is 1. The number of piperidine rings is 1. The van der Waals surface area contributed by atoms with Crippen molar-refractivity contribution in [1.29, 1.82) is 0 Å². The van der Waals surface area contributed by atoms with E-state index in [1.165, 1.54) is 0 Å². The van der Waals surface area contributed by atoms with E-state index in [1.807, 2.05) is 4.98 Å². The molecule has 3 rings (SSSR count). The second-order valence-corrected chi connectivity index (χ2v) is 17.8. The van der Waals surface area contributed by atoms with Crippen molar-refractivity contribution in [2.24, 2.45) is 0 Å². The zero-order valence-corrected chi connectivity index (χ0v) is 24.1. The van der Waals surface area contributed by atoms with E-state index in [0.717, 1.165) is 30.0 Å². The molecule has 1 aromatic heterocycles. The van der Waals surface area contributed by atoms with Gasteiger partial charge in [0.15, 0.2) is 8.32 Å². The van der Waals surface area contributed by atoms with E-state index in [4.69, 9.17) is 18.2 Å². The van der Waals surface area contributed by atoms with Crippen molar-refractivity contribution in [2.75, 3.05) is 26.3 Å². The summed E-state index contributed by atoms with van der Waals surface area (Å²) in [5.41, 5.74) is -1.91. The SMILES string of the molecule is CC(C)(C)[Si](C)(C)O[C@H]1C[C@H](n2cc(F)c(=O)[nH]c2=O)O[C@@H]1COP(=O)(OCCC=O)N1CCCCC1. The maximum absolute atomic E-state index is 14.0. The minimum atomic E-state index is -3.73. The molecule has 0 saturated carbocycles. The highest BCUT2D eigenvalue weighted by Crippen LogP contribution is 2.54. The van der Waals surface area contributed by atoms with E-state index >= 15 is 0 Å². The van der Waals surface area contributed by atoms with Crippen LogP contribution >= 0.6 is 7.75 Å². The fourth-order valence-electron chi connectivity index (χ4n) is 4.08. The largest absolute Gasteiger partial charge is 0.411 e. The van der Waals surface area contributed by atoms with Crippen LogP contribution in [0.25, 0.3) is 0 Å². The Morgan fingerprint density at radius 1 is 1.22 bits per heavy atom. The monoisotopic (exact) mass is 563 g/mol. The van der Waals surface area contributed by atoms with Crippen molar-refractivity contribution in [2.45, 2.75) is 89.4 Å². The van der Waals surface area contributed by atoms with Gasteiger partial charge < -0.3 is 14.0 Å². The summed E-state index contributed by atoms with van der Waals surface area (Å²) in [6, 6.07) is 0. The van der Waals surface area contributed by atoms with Crippen molar-refractivity contribution < 1.29 is 32.0 Å². The Hall–Kier alpha value is -1.47. The van der Waals surface area contributed by atoms with Gasteiger partial charge in [0.25, 0.3) is 5.56 Å². The van der Waals surface area contributed by atoms with Gasteiger partial charge in [0.2, 0.25) is 5.82 Å². The van der Waals surface area contributed by atoms with Crippen LogP contribution in [0.2, 0.25) is 18.1 Å². The Morgan fingerprint density at radius 2 is 1.89 bits per heavy atom. The lowest BCUT2D eigenvalue weighted by atomic mass is 10.2. The molecule has 210 valence electrons. The summed E-state index contributed by atoms with van der Waals surface area (Å²) in [6.45, 7) is 11.3. The second kappa shape index (κ2) is 12.1. The molecule has 2 saturated heterocycles. The highest BCUT2D eigenvalue weighted by Gasteiger charge is 2.46. The van der Waals surface area contributed by atoms with E-state index in [0.29, 0.717) is 19.4 Å². The molecular formula is C23H39FN3O8PSi. The van der Waals surface area contributed by atoms with Gasteiger partial charge in [-0.25, -0.2) is 14.0 Å². The number of aldehydes is 1. The molecule has 1 N–H and O–H groups in total. The number of carbonyl (C=O) groups excluding carboxylic acids is 1. The van der Waals surface area contributed by atoms with Gasteiger partial charge in [-0.3, -0.25) is 23.4 Å². The summed E-state index contributed by atoms with van der Waals surface area (Å²) in [5.74, 6) is -1.11. The quantitative estimate of drug-likeness (QED) is 0.186. The molecule has 0 radical (unpaired) electrons. The van der Waals surface area contributed by atoms with Crippen molar-refractivity contribution >= 4 is 22.4 Å². The van der Waals surface area contributed by atoms with Gasteiger partial charge in [-0.05, 0) is 31.0 Å². The standard InChI is InChI=1S/C23H39FN3O8PSi/c1-23(2,3)37(4,5)35-18-14-20(27-15-17(24)21(29)25-22(27)30)34-19(18)16-33-36(31,32-13-9-12-28)26-10-7-6-8-11-26/h12,15,18-20H,6-11,13-14,16H2,1-5H3,(H,25,29,30)/t18-,19+,20+,36?/m0/s1. The normalized spacial score (nSPS) is 25.2. The van der Waals surface area contributed by atoms with E-state index in [1.54, 1.807) is 4.67 Å². The number of aromatic amines is 1. The lowest BCUT2D eigenvalue weighted by molar-refractivity contribution is -0.108. The Bertz CT molecular complexity index is 1100. The summed E-state index contributed by atoms with van der Waals surface area (Å²) >= 11 is 0. The van der Waals surface area contributed by atoms with Crippen molar-refractivity contribution in [1.82, 2.24) is 14.2 Å². The molecule has 2 aliphatic heterocycles. The van der Waals surface area contributed by atoms with Crippen molar-refractivity contribution in [3.05, 3.63) is 32.9 Å². The van der Waals surface area contributed by atoms with Gasteiger partial charge in [0, 0.05) is 25.9 Å². The van der Waals surface area contributed by atoms with Crippen LogP contribution in [0.5, 0.6) is 0 Å². The lowest BCUT2D eigenvalue weighted by Gasteiger charge is -2.39. The first-order chi connectivity index (χ1) is 17.3. The summed E-state index contributed by atoms with van der Waals surface area (Å²) in [5, 5.41) is -0.127. The van der Waals surface area contributed by atoms with Crippen LogP contribution < -0.4 is 11.2 Å². The third kappa shape index (κ3) is 7.34. The Kier molecular flexibility index (Phi) is 9.87. The van der Waals surface area contributed by atoms with Crippen LogP contribution in [0, 0.1) is 5.82 Å². The number of H-pyrrole nitrogens is 1. The molecule has 2 aliphatic rings. The third-order valence-corrected chi connectivity index (χ3v) is 13.8. The Balaban J connectivity index is 1.85. The molecule has 4 atom stereocenters. The molecule has 11 nitrogen and oxygen atoms in total. The molecule has 37 heavy (non-hydrogen) atoms. The van der Waals surface area contributed by atoms with Crippen LogP contribution in [0.3, 0.4) is 0 Å². The number of nitrogens with zero attached hydrogens (tertiary/aromatic N) is 2. The van der Waals surface area contributed by atoms with Crippen LogP contribution in [0.1, 0.15) is 59.1 Å². The molecule has 0 spiro atoms. The lowest BCUT2D eigenvalue weighted by Crippen LogP contribution is -2.46. The number of hydrogen-bond acceptors (Lipinski definition) is 8. The molecule has 0 amide bonds. The zero-order chi connectivity index (χ0) is 27.4. The Labute approximate surface area is 217 Å². The van der Waals surface area contributed by atoms with E-state index in [-0.39, 0.29) is 31.1 Å². The highest BCUT2D eigenvalue weighted by molar-refractivity contribution is 7.51. The van der Waals surface area contributed by atoms with Crippen LogP contribution in [-0.2, 0) is 27.6 Å². The number of rotatable bonds is 11. The van der Waals surface area contributed by atoms with E-state index in [9.17, 15) is 23.3 Å². The summed E-state index contributed by atoms with van der Waals surface area (Å²) in [6.07, 6.45) is 2.31. The number of hydrogen-bond donors (Lipinski definition) is 1. The molecule has 0 aromatic carbocycles. The first-order valence-corrected chi connectivity index (χ1v) is 17.1. The van der Waals surface area contributed by atoms with Gasteiger partial charge in [-0.15, -0.1) is 0 Å². The second-order valence-electron chi connectivity index (χ2n) is 11.0. The topological polar surface area (TPSA) is 129 Å². The molecule has 0 aliphatic carbocycles. The van der Waals surface area contributed by atoms with Gasteiger partial charge in [-0.2, -0.15) is 4.39 Å². The first-order valence-electron chi connectivity index (χ1n) is 12.7. The van der Waals surface area contributed by atoms with Crippen molar-refractivity contribution in [3.63, 3.8) is 0 Å². The van der Waals surface area contributed by atoms with Gasteiger partial charge in [0.05, 0.1) is 25.5 Å². The van der Waals surface area contributed by atoms with Gasteiger partial charge in [-0.1, -0.05) is 27.2 Å². The average molecular weight is 564 g/mol. The summed E-state index contributed by atoms with van der Waals surface area (Å²) in [4.78, 5) is 36.7. The zero-order valence-electron chi connectivity index (χ0n) is 22.2. The molecule has 3 heterocycles. The van der Waals surface area contributed by atoms with E-state index < -0.39 is 51.6 Å². The van der Waals surface area contributed by atoms with Gasteiger partial charge >= 0.3 is 13.4 Å². The predicted octanol–water partition coefficient (Wildman–Crippen LogP) is 3.57. The number of carbonyl (C=O) groups is 1. The van der Waals surface area contributed by atoms with Crippen LogP contribution in [-0.4, -0.2) is 67.3 Å². The summed E-state index contributed by atoms with van der Waals surface area (Å²) in [7, 11) is -6.04. The van der Waals surface area contributed by atoms with E-state index in [2.05, 4.69) is 33.9 Å². The van der Waals surface area contributed by atoms with Crippen LogP contribution in [0.4, 0.5) is 4.39 Å². The third-order valence-electron chi connectivity index (χ3n) is 7.24. The molecule has 14 heteroatoms. The maximum Gasteiger partial charge on any atom is 0.408 e. The van der Waals surface area contributed by atoms with Crippen LogP contribution in [0.15, 0.2) is 15.8 Å². The fourth-order valence-corrected chi connectivity index (χ4v) is 7.29. The molecule has 0 bridgehead atoms. The molecule has 2 fully saturated rings. The number of aromatic nitrogens is 2. The summed E-state index contributed by atoms with van der Waals surface area (Å²) < 4.78 is 54.7. The predicted molar refractivity (Wildman–Crippen MR) is 137 cm³/mol. The Morgan fingerprint density at radius 3 is 2.51 bits per heavy atom. The van der Waals surface area contributed by atoms with Crippen molar-refractivity contribution in [3.8, 4) is 0 Å². The first kappa shape index (κ1) is 30.1. The molecule has 1 aromatic rings. The smallest absolute Gasteiger partial charge is 0.408 e. The number of halogens is 1. The van der Waals surface area contributed by atoms with Gasteiger partial charge in [0.1, 0.15) is 18.6 Å². The molecule has 1 unspecified atom stereocenters.